The molecule has 0 saturated heterocycles. The Balaban J connectivity index is 1.53. The number of hydrogen-bond donors (Lipinski definition) is 1. The summed E-state index contributed by atoms with van der Waals surface area (Å²) < 4.78 is 5.40. The van der Waals surface area contributed by atoms with Crippen LogP contribution in [-0.2, 0) is 13.6 Å². The maximum Gasteiger partial charge on any atom is 0.260 e. The van der Waals surface area contributed by atoms with Crippen LogP contribution in [0.25, 0.3) is 33.1 Å². The van der Waals surface area contributed by atoms with Crippen LogP contribution < -0.4 is 16.4 Å². The molecule has 1 N–H and O–H groups in total. The van der Waals surface area contributed by atoms with Crippen molar-refractivity contribution in [3.8, 4) is 11.3 Å². The molecule has 0 radical (unpaired) electrons. The summed E-state index contributed by atoms with van der Waals surface area (Å²) in [5.41, 5.74) is 5.08. The Morgan fingerprint density at radius 2 is 1.92 bits per heavy atom. The topological polar surface area (TPSA) is 86.7 Å². The second-order valence-electron chi connectivity index (χ2n) is 10.1. The Morgan fingerprint density at radius 3 is 2.63 bits per heavy atom. The quantitative estimate of drug-likeness (QED) is 0.290. The molecule has 38 heavy (non-hydrogen) atoms. The van der Waals surface area contributed by atoms with Crippen LogP contribution in [0.2, 0.25) is 5.15 Å². The molecule has 1 atom stereocenters. The van der Waals surface area contributed by atoms with Crippen molar-refractivity contribution in [2.24, 2.45) is 7.05 Å². The molecule has 0 bridgehead atoms. The number of aromatic nitrogens is 5. The highest BCUT2D eigenvalue weighted by atomic mass is 35.5. The smallest absolute Gasteiger partial charge is 0.260 e. The highest BCUT2D eigenvalue weighted by Gasteiger charge is 2.30. The fraction of sp³-hybridized carbons (Fsp3) is 0.310. The number of aryl methyl sites for hydroxylation is 3. The summed E-state index contributed by atoms with van der Waals surface area (Å²) >= 11 is 6.28. The van der Waals surface area contributed by atoms with E-state index in [0.29, 0.717) is 17.4 Å². The van der Waals surface area contributed by atoms with Gasteiger partial charge < -0.3 is 9.88 Å². The van der Waals surface area contributed by atoms with E-state index in [0.717, 1.165) is 57.0 Å². The Kier molecular flexibility index (Phi) is 5.87. The first-order valence-corrected chi connectivity index (χ1v) is 13.3. The molecule has 1 unspecified atom stereocenters. The number of fused-ring (bicyclic) bond motifs is 3. The van der Waals surface area contributed by atoms with Crippen molar-refractivity contribution in [1.82, 2.24) is 23.9 Å². The minimum atomic E-state index is -0.170. The van der Waals surface area contributed by atoms with E-state index in [1.54, 1.807) is 25.4 Å². The summed E-state index contributed by atoms with van der Waals surface area (Å²) in [6, 6.07) is 11.1. The van der Waals surface area contributed by atoms with Gasteiger partial charge in [-0.2, -0.15) is 5.10 Å². The third kappa shape index (κ3) is 4.00. The van der Waals surface area contributed by atoms with Crippen molar-refractivity contribution in [1.29, 1.82) is 0 Å². The monoisotopic (exact) mass is 528 g/mol. The molecular formula is C29H29ClN6O2. The van der Waals surface area contributed by atoms with Gasteiger partial charge in [0.15, 0.2) is 0 Å². The van der Waals surface area contributed by atoms with E-state index in [1.165, 1.54) is 10.6 Å². The van der Waals surface area contributed by atoms with Crippen LogP contribution in [0.3, 0.4) is 0 Å². The minimum Gasteiger partial charge on any atom is -0.377 e. The first-order chi connectivity index (χ1) is 18.3. The van der Waals surface area contributed by atoms with E-state index < -0.39 is 0 Å². The Labute approximate surface area is 224 Å². The zero-order chi connectivity index (χ0) is 26.7. The fourth-order valence-corrected chi connectivity index (χ4v) is 5.53. The standard InChI is InChI=1S/C29H29ClN6O2/c1-5-35-28-22(14-31-35)26-20(12-16(2)13-21(26)29(38)36(28)19-7-8-19)17(3)32-23-9-10-24(30)33-27(23)18-6-11-25(37)34(4)15-18/h6,9-15,17,19,32H,5,7-8H2,1-4H3. The van der Waals surface area contributed by atoms with Crippen LogP contribution in [0.15, 0.2) is 58.4 Å². The number of anilines is 1. The summed E-state index contributed by atoms with van der Waals surface area (Å²) in [6.07, 6.45) is 5.68. The zero-order valence-electron chi connectivity index (χ0n) is 21.8. The molecule has 1 saturated carbocycles. The number of pyridine rings is 3. The summed E-state index contributed by atoms with van der Waals surface area (Å²) in [4.78, 5) is 30.4. The molecule has 4 aromatic heterocycles. The summed E-state index contributed by atoms with van der Waals surface area (Å²) in [6.45, 7) is 6.84. The summed E-state index contributed by atoms with van der Waals surface area (Å²) in [5.74, 6) is 0. The van der Waals surface area contributed by atoms with E-state index in [-0.39, 0.29) is 23.2 Å². The number of hydrogen-bond acceptors (Lipinski definition) is 5. The maximum atomic E-state index is 13.9. The second-order valence-corrected chi connectivity index (χ2v) is 10.5. The highest BCUT2D eigenvalue weighted by Crippen LogP contribution is 2.39. The molecule has 1 fully saturated rings. The highest BCUT2D eigenvalue weighted by molar-refractivity contribution is 6.29. The lowest BCUT2D eigenvalue weighted by molar-refractivity contribution is 0.634. The average molecular weight is 529 g/mol. The largest absolute Gasteiger partial charge is 0.377 e. The van der Waals surface area contributed by atoms with Gasteiger partial charge in [-0.15, -0.1) is 0 Å². The molecule has 1 aliphatic carbocycles. The maximum absolute atomic E-state index is 13.9. The third-order valence-electron chi connectivity index (χ3n) is 7.34. The van der Waals surface area contributed by atoms with Crippen LogP contribution in [0, 0.1) is 6.92 Å². The molecule has 194 valence electrons. The van der Waals surface area contributed by atoms with E-state index in [9.17, 15) is 9.59 Å². The molecule has 5 aromatic rings. The second kappa shape index (κ2) is 9.13. The van der Waals surface area contributed by atoms with Crippen molar-refractivity contribution in [3.63, 3.8) is 0 Å². The third-order valence-corrected chi connectivity index (χ3v) is 7.55. The Morgan fingerprint density at radius 1 is 1.13 bits per heavy atom. The van der Waals surface area contributed by atoms with Crippen molar-refractivity contribution in [2.75, 3.05) is 5.32 Å². The van der Waals surface area contributed by atoms with Crippen LogP contribution in [0.4, 0.5) is 5.69 Å². The fourth-order valence-electron chi connectivity index (χ4n) is 5.38. The summed E-state index contributed by atoms with van der Waals surface area (Å²) in [5, 5.41) is 11.3. The van der Waals surface area contributed by atoms with Gasteiger partial charge in [0.05, 0.1) is 17.6 Å². The van der Waals surface area contributed by atoms with Crippen LogP contribution in [-0.4, -0.2) is 23.9 Å². The number of halogens is 1. The van der Waals surface area contributed by atoms with Gasteiger partial charge in [0.1, 0.15) is 10.8 Å². The van der Waals surface area contributed by atoms with Gasteiger partial charge in [-0.05, 0) is 69.0 Å². The van der Waals surface area contributed by atoms with Crippen LogP contribution >= 0.6 is 11.6 Å². The van der Waals surface area contributed by atoms with Crippen LogP contribution in [0.1, 0.15) is 49.9 Å². The molecule has 9 heteroatoms. The summed E-state index contributed by atoms with van der Waals surface area (Å²) in [7, 11) is 1.71. The molecule has 8 nitrogen and oxygen atoms in total. The molecule has 0 spiro atoms. The molecule has 1 aromatic carbocycles. The van der Waals surface area contributed by atoms with Gasteiger partial charge >= 0.3 is 0 Å². The minimum absolute atomic E-state index is 0.0430. The molecular weight excluding hydrogens is 500 g/mol. The lowest BCUT2D eigenvalue weighted by Crippen LogP contribution is -2.23. The van der Waals surface area contributed by atoms with Crippen LogP contribution in [0.5, 0.6) is 0 Å². The lowest BCUT2D eigenvalue weighted by Gasteiger charge is -2.22. The Hall–Kier alpha value is -3.91. The van der Waals surface area contributed by atoms with Crippen molar-refractivity contribution >= 4 is 39.1 Å². The van der Waals surface area contributed by atoms with Gasteiger partial charge in [-0.1, -0.05) is 17.7 Å². The zero-order valence-corrected chi connectivity index (χ0v) is 22.6. The molecule has 1 aliphatic rings. The van der Waals surface area contributed by atoms with E-state index in [2.05, 4.69) is 28.4 Å². The van der Waals surface area contributed by atoms with Crippen molar-refractivity contribution in [2.45, 2.75) is 52.2 Å². The predicted octanol–water partition coefficient (Wildman–Crippen LogP) is 5.60. The van der Waals surface area contributed by atoms with E-state index in [4.69, 9.17) is 11.6 Å². The molecule has 0 amide bonds. The first-order valence-electron chi connectivity index (χ1n) is 12.9. The number of nitrogens with zero attached hydrogens (tertiary/aromatic N) is 5. The molecule has 0 aliphatic heterocycles. The molecule has 4 heterocycles. The number of rotatable bonds is 6. The van der Waals surface area contributed by atoms with Gasteiger partial charge in [0.25, 0.3) is 5.56 Å². The van der Waals surface area contributed by atoms with Gasteiger partial charge in [0, 0.05) is 59.7 Å². The van der Waals surface area contributed by atoms with Gasteiger partial charge in [-0.25, -0.2) is 9.67 Å². The van der Waals surface area contributed by atoms with Crippen molar-refractivity contribution < 1.29 is 0 Å². The van der Waals surface area contributed by atoms with E-state index >= 15 is 0 Å². The van der Waals surface area contributed by atoms with Crippen molar-refractivity contribution in [3.05, 3.63) is 85.8 Å². The molecule has 6 rings (SSSR count). The number of benzene rings is 1. The number of nitrogens with one attached hydrogen (secondary N) is 1. The van der Waals surface area contributed by atoms with Gasteiger partial charge in [-0.3, -0.25) is 14.2 Å². The normalized spacial score (nSPS) is 14.3. The predicted molar refractivity (Wildman–Crippen MR) is 152 cm³/mol. The SMILES string of the molecule is CCn1ncc2c3c(C(C)Nc4ccc(Cl)nc4-c4ccc(=O)n(C)c4)cc(C)cc3c(=O)n(C3CC3)c21. The average Bonchev–Trinajstić information content (AvgIpc) is 3.64. The van der Waals surface area contributed by atoms with E-state index in [1.807, 2.05) is 41.4 Å². The first kappa shape index (κ1) is 24.4. The van der Waals surface area contributed by atoms with Gasteiger partial charge in [0.2, 0.25) is 5.56 Å². The Bertz CT molecular complexity index is 1850. The lowest BCUT2D eigenvalue weighted by atomic mass is 9.95.